The van der Waals surface area contributed by atoms with E-state index < -0.39 is 11.7 Å². The van der Waals surface area contributed by atoms with E-state index in [0.29, 0.717) is 13.2 Å². The third kappa shape index (κ3) is 8.70. The van der Waals surface area contributed by atoms with E-state index in [1.54, 1.807) is 0 Å². The molecule has 5 nitrogen and oxygen atoms in total. The second kappa shape index (κ2) is 10.2. The fraction of sp³-hybridized carbons (Fsp3) is 0.550. The predicted octanol–water partition coefficient (Wildman–Crippen LogP) is 3.67. The molecule has 0 unspecified atom stereocenters. The summed E-state index contributed by atoms with van der Waals surface area (Å²) in [5.74, 6) is -0.127. The molecular weight excluding hydrogens is 318 g/mol. The molecule has 1 aromatic carbocycles. The van der Waals surface area contributed by atoms with Crippen molar-refractivity contribution in [2.24, 2.45) is 5.92 Å². The molecule has 1 rings (SSSR count). The van der Waals surface area contributed by atoms with Gasteiger partial charge < -0.3 is 19.9 Å². The monoisotopic (exact) mass is 349 g/mol. The van der Waals surface area contributed by atoms with Gasteiger partial charge in [0.15, 0.2) is 0 Å². The van der Waals surface area contributed by atoms with Gasteiger partial charge in [-0.15, -0.1) is 0 Å². The summed E-state index contributed by atoms with van der Waals surface area (Å²) in [6.07, 6.45) is 1.44. The molecule has 0 saturated heterocycles. The lowest BCUT2D eigenvalue weighted by Crippen LogP contribution is -2.44. The normalized spacial score (nSPS) is 14.7. The Kier molecular flexibility index (Phi) is 8.66. The van der Waals surface area contributed by atoms with Gasteiger partial charge in [-0.3, -0.25) is 0 Å². The molecular formula is C20H31NO4. The zero-order valence-electron chi connectivity index (χ0n) is 15.9. The van der Waals surface area contributed by atoms with Crippen molar-refractivity contribution in [2.75, 3.05) is 13.2 Å². The lowest BCUT2D eigenvalue weighted by molar-refractivity contribution is 0.0488. The number of aliphatic hydroxyl groups excluding tert-OH is 1. The van der Waals surface area contributed by atoms with Gasteiger partial charge in [-0.2, -0.15) is 0 Å². The highest BCUT2D eigenvalue weighted by Crippen LogP contribution is 2.14. The minimum absolute atomic E-state index is 0.0312. The molecule has 0 spiro atoms. The number of aliphatic hydroxyl groups is 1. The van der Waals surface area contributed by atoms with Gasteiger partial charge in [-0.25, -0.2) is 4.79 Å². The third-order valence-corrected chi connectivity index (χ3v) is 3.65. The number of carbonyl (C=O) groups is 1. The van der Waals surface area contributed by atoms with Gasteiger partial charge in [-0.05, 0) is 33.3 Å². The highest BCUT2D eigenvalue weighted by Gasteiger charge is 2.24. The Morgan fingerprint density at radius 1 is 1.28 bits per heavy atom. The Bertz CT molecular complexity index is 549. The van der Waals surface area contributed by atoms with Crippen LogP contribution in [0.3, 0.4) is 0 Å². The van der Waals surface area contributed by atoms with E-state index in [-0.39, 0.29) is 18.6 Å². The van der Waals surface area contributed by atoms with E-state index >= 15 is 0 Å². The summed E-state index contributed by atoms with van der Waals surface area (Å²) < 4.78 is 11.0. The lowest BCUT2D eigenvalue weighted by Gasteiger charge is -2.27. The van der Waals surface area contributed by atoms with Gasteiger partial charge in [0.1, 0.15) is 5.60 Å². The van der Waals surface area contributed by atoms with Crippen LogP contribution in [0.1, 0.15) is 40.2 Å². The summed E-state index contributed by atoms with van der Waals surface area (Å²) in [6.45, 7) is 10.2. The third-order valence-electron chi connectivity index (χ3n) is 3.65. The second-order valence-corrected chi connectivity index (χ2v) is 7.23. The minimum atomic E-state index is -0.562. The summed E-state index contributed by atoms with van der Waals surface area (Å²) in [6, 6.07) is 9.64. The average Bonchev–Trinajstić information content (AvgIpc) is 2.55. The molecule has 0 aliphatic rings. The van der Waals surface area contributed by atoms with Crippen LogP contribution in [0.25, 0.3) is 0 Å². The number of rotatable bonds is 8. The Hall–Kier alpha value is -1.85. The number of hydrogen-bond acceptors (Lipinski definition) is 4. The van der Waals surface area contributed by atoms with Crippen LogP contribution >= 0.6 is 0 Å². The van der Waals surface area contributed by atoms with Crippen LogP contribution in [-0.4, -0.2) is 36.1 Å². The zero-order valence-corrected chi connectivity index (χ0v) is 15.9. The SMILES string of the molecule is C/C(=C\COCc1ccccc1)[C@@H](NC(=O)OC(C)(C)C)[C@@H](C)CO. The molecule has 25 heavy (non-hydrogen) atoms. The van der Waals surface area contributed by atoms with E-state index in [4.69, 9.17) is 9.47 Å². The van der Waals surface area contributed by atoms with Crippen molar-refractivity contribution in [3.05, 3.63) is 47.5 Å². The predicted molar refractivity (Wildman–Crippen MR) is 99.3 cm³/mol. The Morgan fingerprint density at radius 3 is 2.48 bits per heavy atom. The van der Waals surface area contributed by atoms with Crippen LogP contribution in [0, 0.1) is 5.92 Å². The highest BCUT2D eigenvalue weighted by molar-refractivity contribution is 5.68. The minimum Gasteiger partial charge on any atom is -0.444 e. The summed E-state index contributed by atoms with van der Waals surface area (Å²) >= 11 is 0. The van der Waals surface area contributed by atoms with Crippen LogP contribution in [-0.2, 0) is 16.1 Å². The molecule has 2 N–H and O–H groups in total. The average molecular weight is 349 g/mol. The van der Waals surface area contributed by atoms with E-state index in [1.165, 1.54) is 0 Å². The maximum Gasteiger partial charge on any atom is 0.408 e. The number of hydrogen-bond donors (Lipinski definition) is 2. The van der Waals surface area contributed by atoms with Crippen LogP contribution in [0.4, 0.5) is 4.79 Å². The Balaban J connectivity index is 2.59. The van der Waals surface area contributed by atoms with Crippen LogP contribution in [0.2, 0.25) is 0 Å². The molecule has 0 aromatic heterocycles. The van der Waals surface area contributed by atoms with Gasteiger partial charge in [-0.1, -0.05) is 48.9 Å². The molecule has 1 aromatic rings. The van der Waals surface area contributed by atoms with Crippen molar-refractivity contribution in [1.29, 1.82) is 0 Å². The van der Waals surface area contributed by atoms with Crippen molar-refractivity contribution in [3.63, 3.8) is 0 Å². The summed E-state index contributed by atoms with van der Waals surface area (Å²) in [5.41, 5.74) is 1.48. The molecule has 2 atom stereocenters. The van der Waals surface area contributed by atoms with Gasteiger partial charge in [0.05, 0.1) is 19.3 Å². The van der Waals surface area contributed by atoms with Crippen molar-refractivity contribution in [2.45, 2.75) is 52.9 Å². The van der Waals surface area contributed by atoms with E-state index in [9.17, 15) is 9.90 Å². The molecule has 5 heteroatoms. The molecule has 140 valence electrons. The van der Waals surface area contributed by atoms with Crippen LogP contribution in [0.5, 0.6) is 0 Å². The molecule has 0 aliphatic heterocycles. The summed E-state index contributed by atoms with van der Waals surface area (Å²) in [7, 11) is 0. The molecule has 0 saturated carbocycles. The number of benzene rings is 1. The van der Waals surface area contributed by atoms with Crippen molar-refractivity contribution < 1.29 is 19.4 Å². The van der Waals surface area contributed by atoms with Gasteiger partial charge in [0.25, 0.3) is 0 Å². The number of carbonyl (C=O) groups excluding carboxylic acids is 1. The number of nitrogens with one attached hydrogen (secondary N) is 1. The van der Waals surface area contributed by atoms with Crippen molar-refractivity contribution in [1.82, 2.24) is 5.32 Å². The van der Waals surface area contributed by atoms with Crippen molar-refractivity contribution >= 4 is 6.09 Å². The molecule has 1 amide bonds. The first-order valence-corrected chi connectivity index (χ1v) is 8.61. The maximum absolute atomic E-state index is 12.0. The van der Waals surface area contributed by atoms with Crippen molar-refractivity contribution in [3.8, 4) is 0 Å². The quantitative estimate of drug-likeness (QED) is 0.555. The molecule has 0 heterocycles. The molecule has 0 fully saturated rings. The maximum atomic E-state index is 12.0. The topological polar surface area (TPSA) is 67.8 Å². The summed E-state index contributed by atoms with van der Waals surface area (Å²) in [4.78, 5) is 12.0. The first-order chi connectivity index (χ1) is 11.7. The first-order valence-electron chi connectivity index (χ1n) is 8.61. The number of ether oxygens (including phenoxy) is 2. The second-order valence-electron chi connectivity index (χ2n) is 7.23. The molecule has 0 aliphatic carbocycles. The van der Waals surface area contributed by atoms with E-state index in [0.717, 1.165) is 11.1 Å². The van der Waals surface area contributed by atoms with Gasteiger partial charge >= 0.3 is 6.09 Å². The number of alkyl carbamates (subject to hydrolysis) is 1. The van der Waals surface area contributed by atoms with Crippen LogP contribution in [0.15, 0.2) is 42.0 Å². The fourth-order valence-electron chi connectivity index (χ4n) is 2.31. The standard InChI is InChI=1S/C20H31NO4/c1-15(11-12-24-14-17-9-7-6-8-10-17)18(16(2)13-22)21-19(23)25-20(3,4)5/h6-11,16,18,22H,12-14H2,1-5H3,(H,21,23)/b15-11+/t16-,18+/m0/s1. The smallest absolute Gasteiger partial charge is 0.408 e. The summed E-state index contributed by atoms with van der Waals surface area (Å²) in [5, 5.41) is 12.3. The largest absolute Gasteiger partial charge is 0.444 e. The van der Waals surface area contributed by atoms with E-state index in [1.807, 2.05) is 71.0 Å². The molecule has 0 radical (unpaired) electrons. The number of amides is 1. The molecule has 0 bridgehead atoms. The first kappa shape index (κ1) is 21.2. The Morgan fingerprint density at radius 2 is 1.92 bits per heavy atom. The van der Waals surface area contributed by atoms with Gasteiger partial charge in [0, 0.05) is 12.5 Å². The fourth-order valence-corrected chi connectivity index (χ4v) is 2.31. The zero-order chi connectivity index (χ0) is 18.9. The van der Waals surface area contributed by atoms with E-state index in [2.05, 4.69) is 5.32 Å². The Labute approximate surface area is 151 Å². The van der Waals surface area contributed by atoms with Crippen LogP contribution < -0.4 is 5.32 Å². The lowest BCUT2D eigenvalue weighted by atomic mass is 9.96. The van der Waals surface area contributed by atoms with Gasteiger partial charge in [0.2, 0.25) is 0 Å². The highest BCUT2D eigenvalue weighted by atomic mass is 16.6.